The van der Waals surface area contributed by atoms with Crippen LogP contribution in [0.2, 0.25) is 0 Å². The van der Waals surface area contributed by atoms with Crippen molar-refractivity contribution >= 4 is 17.7 Å². The van der Waals surface area contributed by atoms with Gasteiger partial charge in [0.15, 0.2) is 0 Å². The number of esters is 1. The summed E-state index contributed by atoms with van der Waals surface area (Å²) < 4.78 is 4.72. The lowest BCUT2D eigenvalue weighted by Crippen LogP contribution is -2.47. The Morgan fingerprint density at radius 1 is 1.64 bits per heavy atom. The van der Waals surface area contributed by atoms with E-state index < -0.39 is 11.8 Å². The number of hydrogen-bond acceptors (Lipinski definition) is 5. The van der Waals surface area contributed by atoms with Crippen molar-refractivity contribution in [2.24, 2.45) is 0 Å². The van der Waals surface area contributed by atoms with Gasteiger partial charge in [-0.3, -0.25) is 10.1 Å². The molecule has 4 nitrogen and oxygen atoms in total. The molecular weight excluding hydrogens is 202 g/mol. The van der Waals surface area contributed by atoms with Crippen LogP contribution in [-0.2, 0) is 9.53 Å². The topological polar surface area (TPSA) is 58.6 Å². The Hall–Kier alpha value is -0.260. The molecule has 0 bridgehead atoms. The Labute approximate surface area is 88.4 Å². The van der Waals surface area contributed by atoms with Crippen molar-refractivity contribution in [3.05, 3.63) is 0 Å². The predicted octanol–water partition coefficient (Wildman–Crippen LogP) is 0.699. The monoisotopic (exact) mass is 219 g/mol. The second-order valence-electron chi connectivity index (χ2n) is 4.40. The Morgan fingerprint density at radius 2 is 2.21 bits per heavy atom. The zero-order valence-electron chi connectivity index (χ0n) is 8.96. The highest BCUT2D eigenvalue weighted by Crippen LogP contribution is 2.33. The molecule has 1 heterocycles. The van der Waals surface area contributed by atoms with E-state index in [1.54, 1.807) is 11.8 Å². The van der Waals surface area contributed by atoms with Crippen molar-refractivity contribution in [1.29, 1.82) is 0 Å². The second-order valence-corrected chi connectivity index (χ2v) is 6.03. The largest absolute Gasteiger partial charge is 0.433 e. The van der Waals surface area contributed by atoms with E-state index in [4.69, 9.17) is 4.74 Å². The maximum Gasteiger partial charge on any atom is 0.327 e. The maximum atomic E-state index is 11.6. The highest BCUT2D eigenvalue weighted by atomic mass is 32.2. The average Bonchev–Trinajstić information content (AvgIpc) is 2.25. The molecule has 1 atom stereocenters. The van der Waals surface area contributed by atoms with Crippen LogP contribution >= 0.6 is 11.8 Å². The third kappa shape index (κ3) is 2.87. The fourth-order valence-corrected chi connectivity index (χ4v) is 2.28. The van der Waals surface area contributed by atoms with E-state index >= 15 is 0 Å². The van der Waals surface area contributed by atoms with Gasteiger partial charge in [-0.05, 0) is 13.8 Å². The molecule has 0 aliphatic carbocycles. The number of carbonyl (C=O) groups excluding carboxylic acids is 1. The van der Waals surface area contributed by atoms with Crippen molar-refractivity contribution in [3.63, 3.8) is 0 Å². The molecule has 1 rings (SSSR count). The molecule has 82 valence electrons. The van der Waals surface area contributed by atoms with Gasteiger partial charge in [-0.15, -0.1) is 11.8 Å². The summed E-state index contributed by atoms with van der Waals surface area (Å²) in [4.78, 5) is 11.6. The Balaban J connectivity index is 2.62. The molecule has 0 radical (unpaired) electrons. The van der Waals surface area contributed by atoms with E-state index in [2.05, 4.69) is 5.32 Å². The van der Waals surface area contributed by atoms with Gasteiger partial charge in [-0.1, -0.05) is 0 Å². The van der Waals surface area contributed by atoms with Crippen LogP contribution in [0.5, 0.6) is 0 Å². The van der Waals surface area contributed by atoms with Crippen LogP contribution in [-0.4, -0.2) is 33.5 Å². The van der Waals surface area contributed by atoms with Crippen molar-refractivity contribution in [1.82, 2.24) is 5.32 Å². The van der Waals surface area contributed by atoms with E-state index in [0.29, 0.717) is 0 Å². The molecule has 0 saturated carbocycles. The number of hydrogen-bond donors (Lipinski definition) is 2. The highest BCUT2D eigenvalue weighted by Gasteiger charge is 2.42. The van der Waals surface area contributed by atoms with Gasteiger partial charge in [0.1, 0.15) is 6.04 Å². The van der Waals surface area contributed by atoms with Gasteiger partial charge < -0.3 is 9.84 Å². The molecule has 1 unspecified atom stereocenters. The highest BCUT2D eigenvalue weighted by molar-refractivity contribution is 8.00. The Bertz CT molecular complexity index is 235. The fraction of sp³-hybridized carbons (Fsp3) is 0.889. The first-order valence-electron chi connectivity index (χ1n) is 4.55. The molecule has 1 fully saturated rings. The Morgan fingerprint density at radius 3 is 2.57 bits per heavy atom. The number of carbonyl (C=O) groups is 1. The van der Waals surface area contributed by atoms with E-state index in [-0.39, 0.29) is 10.8 Å². The molecule has 14 heavy (non-hydrogen) atoms. The van der Waals surface area contributed by atoms with Gasteiger partial charge >= 0.3 is 5.97 Å². The van der Waals surface area contributed by atoms with Gasteiger partial charge in [0.25, 0.3) is 0 Å². The first-order chi connectivity index (χ1) is 6.22. The van der Waals surface area contributed by atoms with Crippen LogP contribution in [0.15, 0.2) is 0 Å². The van der Waals surface area contributed by atoms with Gasteiger partial charge in [0, 0.05) is 24.5 Å². The molecule has 0 aromatic rings. The Kier molecular flexibility index (Phi) is 3.13. The minimum absolute atomic E-state index is 0.178. The van der Waals surface area contributed by atoms with Gasteiger partial charge in [-0.25, -0.2) is 0 Å². The minimum Gasteiger partial charge on any atom is -0.433 e. The summed E-state index contributed by atoms with van der Waals surface area (Å²) in [6.45, 7) is 6.85. The molecule has 5 heteroatoms. The molecule has 2 N–H and O–H groups in total. The third-order valence-electron chi connectivity index (χ3n) is 2.01. The number of aliphatic hydroxyl groups is 1. The quantitative estimate of drug-likeness (QED) is 0.529. The average molecular weight is 219 g/mol. The van der Waals surface area contributed by atoms with Gasteiger partial charge in [-0.2, -0.15) is 0 Å². The summed E-state index contributed by atoms with van der Waals surface area (Å²) in [5, 5.41) is 12.4. The maximum absolute atomic E-state index is 11.6. The van der Waals surface area contributed by atoms with E-state index in [1.807, 2.05) is 13.8 Å². The second kappa shape index (κ2) is 3.72. The molecule has 0 amide bonds. The molecular formula is C9H17NO3S. The number of nitrogens with one attached hydrogen (secondary N) is 1. The van der Waals surface area contributed by atoms with Crippen LogP contribution in [0.1, 0.15) is 27.7 Å². The van der Waals surface area contributed by atoms with Crippen molar-refractivity contribution in [2.45, 2.75) is 44.3 Å². The smallest absolute Gasteiger partial charge is 0.327 e. The number of rotatable bonds is 2. The van der Waals surface area contributed by atoms with E-state index in [1.165, 1.54) is 13.8 Å². The lowest BCUT2D eigenvalue weighted by Gasteiger charge is -2.27. The molecule has 0 aromatic heterocycles. The summed E-state index contributed by atoms with van der Waals surface area (Å²) in [5.41, 5.74) is 0. The van der Waals surface area contributed by atoms with E-state index in [0.717, 1.165) is 5.88 Å². The van der Waals surface area contributed by atoms with Crippen LogP contribution in [0.25, 0.3) is 0 Å². The van der Waals surface area contributed by atoms with Crippen LogP contribution < -0.4 is 5.32 Å². The van der Waals surface area contributed by atoms with Crippen molar-refractivity contribution in [2.75, 3.05) is 5.88 Å². The normalized spacial score (nSPS) is 26.2. The predicted molar refractivity (Wildman–Crippen MR) is 55.9 cm³/mol. The molecule has 1 aliphatic heterocycles. The summed E-state index contributed by atoms with van der Waals surface area (Å²) >= 11 is 1.67. The first kappa shape index (κ1) is 11.8. The number of ether oxygens (including phenoxy) is 1. The zero-order chi connectivity index (χ0) is 11.0. The summed E-state index contributed by atoms with van der Waals surface area (Å²) in [6.07, 6.45) is 0. The third-order valence-corrected chi connectivity index (χ3v) is 3.30. The van der Waals surface area contributed by atoms with Crippen molar-refractivity contribution in [3.8, 4) is 0 Å². The standard InChI is InChI=1S/C9H17NO3S/c1-8(2)6(10-5-14-8)7(11)13-9(3,4)12/h6,10,12H,5H2,1-4H3. The van der Waals surface area contributed by atoms with Crippen molar-refractivity contribution < 1.29 is 14.6 Å². The molecule has 0 aromatic carbocycles. The summed E-state index contributed by atoms with van der Waals surface area (Å²) in [7, 11) is 0. The minimum atomic E-state index is -1.40. The number of thioether (sulfide) groups is 1. The molecule has 0 spiro atoms. The summed E-state index contributed by atoms with van der Waals surface area (Å²) in [5.74, 6) is -1.06. The van der Waals surface area contributed by atoms with Crippen LogP contribution in [0.3, 0.4) is 0 Å². The molecule has 1 saturated heterocycles. The van der Waals surface area contributed by atoms with Gasteiger partial charge in [0.2, 0.25) is 5.79 Å². The van der Waals surface area contributed by atoms with E-state index in [9.17, 15) is 9.90 Å². The van der Waals surface area contributed by atoms with Gasteiger partial charge in [0.05, 0.1) is 0 Å². The summed E-state index contributed by atoms with van der Waals surface area (Å²) in [6, 6.07) is -0.348. The van der Waals surface area contributed by atoms with Crippen LogP contribution in [0, 0.1) is 0 Å². The first-order valence-corrected chi connectivity index (χ1v) is 5.53. The van der Waals surface area contributed by atoms with Crippen LogP contribution in [0.4, 0.5) is 0 Å². The molecule has 1 aliphatic rings. The lowest BCUT2D eigenvalue weighted by atomic mass is 10.0. The SMILES string of the molecule is CC(C)(O)OC(=O)C1NCSC1(C)C. The lowest BCUT2D eigenvalue weighted by molar-refractivity contribution is -0.197. The zero-order valence-corrected chi connectivity index (χ0v) is 9.77. The fourth-order valence-electron chi connectivity index (χ4n) is 1.31.